The highest BCUT2D eigenvalue weighted by atomic mass is 35.5. The molecule has 0 radical (unpaired) electrons. The largest absolute Gasteiger partial charge is 0.392 e. The summed E-state index contributed by atoms with van der Waals surface area (Å²) in [6.45, 7) is 4.55. The van der Waals surface area contributed by atoms with Crippen molar-refractivity contribution in [3.63, 3.8) is 0 Å². The third-order valence-corrected chi connectivity index (χ3v) is 2.85. The lowest BCUT2D eigenvalue weighted by molar-refractivity contribution is 0.281. The summed E-state index contributed by atoms with van der Waals surface area (Å²) in [4.78, 5) is 4.26. The Labute approximate surface area is 92.5 Å². The summed E-state index contributed by atoms with van der Waals surface area (Å²) in [5, 5.41) is 14.8. The van der Waals surface area contributed by atoms with Crippen molar-refractivity contribution in [1.82, 2.24) is 14.8 Å². The van der Waals surface area contributed by atoms with Crippen molar-refractivity contribution in [1.29, 1.82) is 0 Å². The minimum Gasteiger partial charge on any atom is -0.392 e. The first-order chi connectivity index (χ1) is 7.19. The van der Waals surface area contributed by atoms with Crippen molar-refractivity contribution < 1.29 is 5.11 Å². The Morgan fingerprint density at radius 1 is 1.53 bits per heavy atom. The van der Waals surface area contributed by atoms with Gasteiger partial charge in [-0.25, -0.2) is 9.67 Å². The Hall–Kier alpha value is -1.13. The average Bonchev–Trinajstić information content (AvgIpc) is 2.56. The number of hydrogen-bond donors (Lipinski definition) is 1. The highest BCUT2D eigenvalue weighted by molar-refractivity contribution is 6.36. The molecule has 0 saturated heterocycles. The molecule has 5 heteroatoms. The maximum atomic E-state index is 9.08. The van der Waals surface area contributed by atoms with Gasteiger partial charge in [0.2, 0.25) is 0 Å². The predicted octanol–water partition coefficient (Wildman–Crippen LogP) is 1.91. The fourth-order valence-electron chi connectivity index (χ4n) is 1.64. The summed E-state index contributed by atoms with van der Waals surface area (Å²) in [5.41, 5.74) is 2.26. The van der Waals surface area contributed by atoms with Gasteiger partial charge in [-0.1, -0.05) is 11.6 Å². The number of aryl methyl sites for hydroxylation is 2. The van der Waals surface area contributed by atoms with Crippen molar-refractivity contribution in [3.8, 4) is 0 Å². The van der Waals surface area contributed by atoms with Crippen molar-refractivity contribution in [2.24, 2.45) is 0 Å². The molecule has 0 saturated carbocycles. The molecule has 0 fully saturated rings. The predicted molar refractivity (Wildman–Crippen MR) is 58.9 cm³/mol. The lowest BCUT2D eigenvalue weighted by Gasteiger charge is -2.02. The minimum absolute atomic E-state index is 0.0987. The third-order valence-electron chi connectivity index (χ3n) is 2.41. The van der Waals surface area contributed by atoms with Crippen LogP contribution in [0.15, 0.2) is 6.20 Å². The SMILES string of the molecule is CCn1nc(C)c2c(Cl)c(CO)cnc21. The second kappa shape index (κ2) is 3.79. The van der Waals surface area contributed by atoms with E-state index in [2.05, 4.69) is 10.1 Å². The van der Waals surface area contributed by atoms with Gasteiger partial charge in [-0.2, -0.15) is 5.10 Å². The number of hydrogen-bond acceptors (Lipinski definition) is 3. The standard InChI is InChI=1S/C10H12ClN3O/c1-3-14-10-8(6(2)13-14)9(11)7(5-15)4-12-10/h4,15H,3,5H2,1-2H3. The zero-order valence-corrected chi connectivity index (χ0v) is 9.41. The second-order valence-electron chi connectivity index (χ2n) is 3.36. The number of rotatable bonds is 2. The molecule has 1 N–H and O–H groups in total. The smallest absolute Gasteiger partial charge is 0.159 e. The fraction of sp³-hybridized carbons (Fsp3) is 0.400. The van der Waals surface area contributed by atoms with Crippen molar-refractivity contribution >= 4 is 22.6 Å². The molecule has 0 atom stereocenters. The molecule has 0 aromatic carbocycles. The molecule has 0 aliphatic carbocycles. The Balaban J connectivity index is 2.81. The van der Waals surface area contributed by atoms with Gasteiger partial charge in [-0.3, -0.25) is 0 Å². The molecule has 0 amide bonds. The molecule has 15 heavy (non-hydrogen) atoms. The van der Waals surface area contributed by atoms with Gasteiger partial charge >= 0.3 is 0 Å². The summed E-state index contributed by atoms with van der Waals surface area (Å²) in [5.74, 6) is 0. The monoisotopic (exact) mass is 225 g/mol. The lowest BCUT2D eigenvalue weighted by Crippen LogP contribution is -1.98. The van der Waals surface area contributed by atoms with E-state index in [0.29, 0.717) is 10.6 Å². The molecule has 0 spiro atoms. The molecule has 0 unspecified atom stereocenters. The Morgan fingerprint density at radius 3 is 2.87 bits per heavy atom. The molecule has 2 aromatic heterocycles. The highest BCUT2D eigenvalue weighted by Gasteiger charge is 2.13. The van der Waals surface area contributed by atoms with E-state index in [1.54, 1.807) is 10.9 Å². The first-order valence-electron chi connectivity index (χ1n) is 4.80. The summed E-state index contributed by atoms with van der Waals surface area (Å²) < 4.78 is 1.80. The Kier molecular flexibility index (Phi) is 2.63. The highest BCUT2D eigenvalue weighted by Crippen LogP contribution is 2.28. The first kappa shape index (κ1) is 10.4. The summed E-state index contributed by atoms with van der Waals surface area (Å²) in [6.07, 6.45) is 1.60. The zero-order chi connectivity index (χ0) is 11.0. The molecular weight excluding hydrogens is 214 g/mol. The third kappa shape index (κ3) is 1.50. The number of nitrogens with zero attached hydrogens (tertiary/aromatic N) is 3. The van der Waals surface area contributed by atoms with E-state index in [-0.39, 0.29) is 6.61 Å². The van der Waals surface area contributed by atoms with Crippen LogP contribution in [0, 0.1) is 6.92 Å². The Morgan fingerprint density at radius 2 is 2.27 bits per heavy atom. The van der Waals surface area contributed by atoms with Crippen molar-refractivity contribution in [3.05, 3.63) is 22.5 Å². The van der Waals surface area contributed by atoms with Crippen LogP contribution < -0.4 is 0 Å². The molecule has 0 bridgehead atoms. The number of aliphatic hydroxyl groups is 1. The summed E-state index contributed by atoms with van der Waals surface area (Å²) in [6, 6.07) is 0. The van der Waals surface area contributed by atoms with E-state index in [9.17, 15) is 0 Å². The van der Waals surface area contributed by atoms with Gasteiger partial charge in [0.1, 0.15) is 0 Å². The van der Waals surface area contributed by atoms with Gasteiger partial charge in [0.15, 0.2) is 5.65 Å². The van der Waals surface area contributed by atoms with Gasteiger partial charge in [-0.05, 0) is 13.8 Å². The van der Waals surface area contributed by atoms with Crippen LogP contribution in [0.3, 0.4) is 0 Å². The fourth-order valence-corrected chi connectivity index (χ4v) is 1.97. The Bertz CT molecular complexity index is 507. The normalized spacial score (nSPS) is 11.2. The molecule has 4 nitrogen and oxygen atoms in total. The molecule has 2 heterocycles. The quantitative estimate of drug-likeness (QED) is 0.850. The second-order valence-corrected chi connectivity index (χ2v) is 3.73. The number of halogens is 1. The number of aromatic nitrogens is 3. The minimum atomic E-state index is -0.0987. The average molecular weight is 226 g/mol. The zero-order valence-electron chi connectivity index (χ0n) is 8.66. The van der Waals surface area contributed by atoms with E-state index in [0.717, 1.165) is 23.3 Å². The van der Waals surface area contributed by atoms with Crippen molar-refractivity contribution in [2.75, 3.05) is 0 Å². The van der Waals surface area contributed by atoms with Crippen LogP contribution in [0.25, 0.3) is 11.0 Å². The van der Waals surface area contributed by atoms with Gasteiger partial charge < -0.3 is 5.11 Å². The van der Waals surface area contributed by atoms with Gasteiger partial charge in [0.05, 0.1) is 22.7 Å². The molecule has 80 valence electrons. The van der Waals surface area contributed by atoms with Crippen LogP contribution in [0.5, 0.6) is 0 Å². The topological polar surface area (TPSA) is 50.9 Å². The van der Waals surface area contributed by atoms with Crippen LogP contribution in [0.2, 0.25) is 5.02 Å². The van der Waals surface area contributed by atoms with Crippen LogP contribution in [0.4, 0.5) is 0 Å². The summed E-state index contributed by atoms with van der Waals surface area (Å²) >= 11 is 6.16. The van der Waals surface area contributed by atoms with Crippen LogP contribution in [-0.4, -0.2) is 19.9 Å². The van der Waals surface area contributed by atoms with Gasteiger partial charge in [0, 0.05) is 18.3 Å². The van der Waals surface area contributed by atoms with E-state index in [1.807, 2.05) is 13.8 Å². The maximum Gasteiger partial charge on any atom is 0.159 e. The lowest BCUT2D eigenvalue weighted by atomic mass is 10.2. The number of fused-ring (bicyclic) bond motifs is 1. The van der Waals surface area contributed by atoms with Crippen LogP contribution in [-0.2, 0) is 13.2 Å². The first-order valence-corrected chi connectivity index (χ1v) is 5.18. The van der Waals surface area contributed by atoms with Gasteiger partial charge in [0.25, 0.3) is 0 Å². The van der Waals surface area contributed by atoms with E-state index in [1.165, 1.54) is 0 Å². The van der Waals surface area contributed by atoms with Gasteiger partial charge in [-0.15, -0.1) is 0 Å². The van der Waals surface area contributed by atoms with Crippen LogP contribution in [0.1, 0.15) is 18.2 Å². The van der Waals surface area contributed by atoms with Crippen LogP contribution >= 0.6 is 11.6 Å². The maximum absolute atomic E-state index is 9.08. The van der Waals surface area contributed by atoms with Crippen molar-refractivity contribution in [2.45, 2.75) is 27.0 Å². The molecule has 2 rings (SSSR count). The molecule has 0 aliphatic rings. The number of aliphatic hydroxyl groups excluding tert-OH is 1. The van der Waals surface area contributed by atoms with E-state index < -0.39 is 0 Å². The van der Waals surface area contributed by atoms with E-state index >= 15 is 0 Å². The summed E-state index contributed by atoms with van der Waals surface area (Å²) in [7, 11) is 0. The molecular formula is C10H12ClN3O. The van der Waals surface area contributed by atoms with E-state index in [4.69, 9.17) is 16.7 Å². The molecule has 2 aromatic rings. The molecule has 0 aliphatic heterocycles. The number of pyridine rings is 1.